The highest BCUT2D eigenvalue weighted by molar-refractivity contribution is 7.99. The number of benzene rings is 2. The maximum Gasteiger partial charge on any atom is 0.408 e. The smallest absolute Gasteiger partial charge is 0.408 e. The fourth-order valence-electron chi connectivity index (χ4n) is 9.40. The van der Waals surface area contributed by atoms with Crippen LogP contribution in [0.1, 0.15) is 102 Å². The lowest BCUT2D eigenvalue weighted by atomic mass is 9.86. The van der Waals surface area contributed by atoms with E-state index >= 15 is 0 Å². The van der Waals surface area contributed by atoms with Crippen LogP contribution >= 0.6 is 11.9 Å². The van der Waals surface area contributed by atoms with Crippen LogP contribution in [-0.2, 0) is 25.5 Å². The van der Waals surface area contributed by atoms with E-state index in [2.05, 4.69) is 34.4 Å². The van der Waals surface area contributed by atoms with E-state index < -0.39 is 41.0 Å². The van der Waals surface area contributed by atoms with Crippen LogP contribution in [0.2, 0.25) is 0 Å². The highest BCUT2D eigenvalue weighted by Gasteiger charge is 2.62. The number of hydrogen-bond donors (Lipinski definition) is 3. The number of fused-ring (bicyclic) bond motifs is 5. The zero-order valence-corrected chi connectivity index (χ0v) is 33.8. The molecule has 3 N–H and O–H groups in total. The molecule has 9 rings (SSSR count). The maximum atomic E-state index is 15.0. The van der Waals surface area contributed by atoms with E-state index in [0.717, 1.165) is 74.3 Å². The summed E-state index contributed by atoms with van der Waals surface area (Å²) in [7, 11) is 0. The molecule has 1 aromatic heterocycles. The van der Waals surface area contributed by atoms with Crippen LogP contribution in [0.15, 0.2) is 60.7 Å². The average molecular weight is 810 g/mol. The zero-order chi connectivity index (χ0) is 40.1. The van der Waals surface area contributed by atoms with E-state index in [4.69, 9.17) is 14.5 Å². The molecule has 3 saturated carbocycles. The Bertz CT molecular complexity index is 2160. The van der Waals surface area contributed by atoms with Gasteiger partial charge >= 0.3 is 6.09 Å². The fraction of sp³-hybridized carbons (Fsp3) is 0.533. The van der Waals surface area contributed by atoms with Gasteiger partial charge in [0.1, 0.15) is 46.6 Å². The summed E-state index contributed by atoms with van der Waals surface area (Å²) in [6, 6.07) is 12.1. The number of aryl methyl sites for hydroxylation is 1. The molecule has 13 heteroatoms. The summed E-state index contributed by atoms with van der Waals surface area (Å²) in [4.78, 5) is 63.7. The van der Waals surface area contributed by atoms with Crippen molar-refractivity contribution < 1.29 is 33.0 Å². The standard InChI is InChI=1S/C45H52FN5O6S/c1-43(22-23-43)58-50-41(54)45-25-29(45)13-5-3-2-4-6-19-35(48-42(55)56-31-15-7-8-16-31)40(53)51-27-44(26-36(51)39(52)49-45)21-20-33-32-17-9-10-18-34(32)47-37(38(33)57-44)28-12-11-14-30(46)24-28/h5,9-14,17-18,24,29,31,35-36H,2-4,6-8,15-16,19-23,25-27H2,1H3,(H,48,55)(H,49,52)(H,50,54)/b13-5-/t29-,35+,36+,44-,45-/m1/s1. The molecule has 3 aliphatic heterocycles. The van der Waals surface area contributed by atoms with Crippen molar-refractivity contribution in [2.24, 2.45) is 5.92 Å². The van der Waals surface area contributed by atoms with Crippen molar-refractivity contribution in [2.75, 3.05) is 6.54 Å². The van der Waals surface area contributed by atoms with Crippen LogP contribution in [0.25, 0.3) is 22.2 Å². The lowest BCUT2D eigenvalue weighted by molar-refractivity contribution is -0.141. The van der Waals surface area contributed by atoms with Crippen molar-refractivity contribution in [2.45, 2.75) is 137 Å². The van der Waals surface area contributed by atoms with Crippen LogP contribution in [-0.4, -0.2) is 74.3 Å². The van der Waals surface area contributed by atoms with E-state index in [1.54, 1.807) is 17.0 Å². The molecule has 0 bridgehead atoms. The third kappa shape index (κ3) is 7.78. The Morgan fingerprint density at radius 2 is 1.81 bits per heavy atom. The molecule has 2 aromatic carbocycles. The predicted molar refractivity (Wildman–Crippen MR) is 219 cm³/mol. The molecular weight excluding hydrogens is 758 g/mol. The van der Waals surface area contributed by atoms with Crippen molar-refractivity contribution in [3.63, 3.8) is 0 Å². The number of amides is 4. The zero-order valence-electron chi connectivity index (χ0n) is 33.0. The lowest BCUT2D eigenvalue weighted by Gasteiger charge is -2.37. The summed E-state index contributed by atoms with van der Waals surface area (Å²) < 4.78 is 30.6. The first-order chi connectivity index (χ1) is 28.0. The molecule has 3 aromatic rings. The van der Waals surface area contributed by atoms with Crippen molar-refractivity contribution in [3.8, 4) is 17.0 Å². The molecule has 4 heterocycles. The van der Waals surface area contributed by atoms with Gasteiger partial charge < -0.3 is 25.0 Å². The molecule has 1 saturated heterocycles. The van der Waals surface area contributed by atoms with Crippen molar-refractivity contribution in [1.82, 2.24) is 25.2 Å². The minimum atomic E-state index is -1.15. The normalized spacial score (nSPS) is 29.8. The van der Waals surface area contributed by atoms with Gasteiger partial charge in [-0.15, -0.1) is 0 Å². The molecule has 0 unspecified atom stereocenters. The van der Waals surface area contributed by atoms with Crippen LogP contribution in [0.3, 0.4) is 0 Å². The topological polar surface area (TPSA) is 139 Å². The van der Waals surface area contributed by atoms with Crippen molar-refractivity contribution >= 4 is 46.7 Å². The first-order valence-corrected chi connectivity index (χ1v) is 22.0. The number of allylic oxidation sites excluding steroid dienone is 1. The first kappa shape index (κ1) is 38.8. The lowest BCUT2D eigenvalue weighted by Crippen LogP contribution is -2.57. The van der Waals surface area contributed by atoms with Gasteiger partial charge in [0.05, 0.1) is 12.1 Å². The van der Waals surface area contributed by atoms with E-state index in [-0.39, 0.29) is 41.5 Å². The number of alkyl carbamates (subject to hydrolysis) is 1. The molecule has 0 radical (unpaired) electrons. The fourth-order valence-corrected chi connectivity index (χ4v) is 10.2. The van der Waals surface area contributed by atoms with Gasteiger partial charge in [-0.25, -0.2) is 14.2 Å². The number of para-hydroxylation sites is 1. The Morgan fingerprint density at radius 1 is 1.00 bits per heavy atom. The number of carbonyl (C=O) groups is 4. The van der Waals surface area contributed by atoms with Gasteiger partial charge in [0.2, 0.25) is 11.8 Å². The van der Waals surface area contributed by atoms with Gasteiger partial charge in [0.25, 0.3) is 5.91 Å². The monoisotopic (exact) mass is 809 g/mol. The van der Waals surface area contributed by atoms with Gasteiger partial charge in [-0.1, -0.05) is 55.3 Å². The van der Waals surface area contributed by atoms with Gasteiger partial charge in [-0.3, -0.25) is 19.1 Å². The van der Waals surface area contributed by atoms with Gasteiger partial charge in [0, 0.05) is 33.6 Å². The summed E-state index contributed by atoms with van der Waals surface area (Å²) in [5.41, 5.74) is 0.599. The number of rotatable bonds is 6. The van der Waals surface area contributed by atoms with Gasteiger partial charge in [-0.2, -0.15) is 0 Å². The predicted octanol–water partition coefficient (Wildman–Crippen LogP) is 7.46. The molecule has 5 atom stereocenters. The Labute approximate surface area is 342 Å². The third-order valence-electron chi connectivity index (χ3n) is 13.2. The summed E-state index contributed by atoms with van der Waals surface area (Å²) in [6.07, 6.45) is 14.2. The molecular formula is C45H52FN5O6S. The van der Waals surface area contributed by atoms with Crippen LogP contribution in [0.5, 0.6) is 5.75 Å². The SMILES string of the molecule is CC1(SNC(=O)[C@@]23C[C@H]2/C=C\CCCCC[C@H](NC(=O)OC2CCCC2)C(=O)N2C[C@@]4(CCc5c(c(-c6cccc(F)c6)nc6ccccc56)O4)C[C@H]2C(=O)N3)CC1. The molecule has 3 aliphatic carbocycles. The largest absolute Gasteiger partial charge is 0.483 e. The third-order valence-corrected chi connectivity index (χ3v) is 14.4. The number of carbonyl (C=O) groups excluding carboxylic acids is 4. The van der Waals surface area contributed by atoms with Gasteiger partial charge in [0.15, 0.2) is 0 Å². The second-order valence-electron chi connectivity index (χ2n) is 17.6. The number of nitrogens with zero attached hydrogens (tertiary/aromatic N) is 2. The Kier molecular flexibility index (Phi) is 10.4. The Hall–Kier alpha value is -4.65. The van der Waals surface area contributed by atoms with E-state index in [1.165, 1.54) is 24.1 Å². The van der Waals surface area contributed by atoms with Crippen molar-refractivity contribution in [3.05, 3.63) is 72.1 Å². The number of pyridine rings is 1. The number of nitrogens with one attached hydrogen (secondary N) is 3. The molecule has 58 heavy (non-hydrogen) atoms. The van der Waals surface area contributed by atoms with Crippen LogP contribution in [0, 0.1) is 11.7 Å². The summed E-state index contributed by atoms with van der Waals surface area (Å²) in [5, 5.41) is 7.00. The molecule has 1 spiro atoms. The molecule has 6 aliphatic rings. The van der Waals surface area contributed by atoms with E-state index in [1.807, 2.05) is 24.3 Å². The van der Waals surface area contributed by atoms with Crippen LogP contribution in [0.4, 0.5) is 9.18 Å². The van der Waals surface area contributed by atoms with Crippen molar-refractivity contribution in [1.29, 1.82) is 0 Å². The van der Waals surface area contributed by atoms with Crippen LogP contribution < -0.4 is 20.1 Å². The minimum Gasteiger partial charge on any atom is -0.483 e. The summed E-state index contributed by atoms with van der Waals surface area (Å²) in [5.74, 6) is -1.13. The number of ether oxygens (including phenoxy) is 2. The second kappa shape index (κ2) is 15.5. The molecule has 306 valence electrons. The highest BCUT2D eigenvalue weighted by atomic mass is 32.2. The number of aromatic nitrogens is 1. The first-order valence-electron chi connectivity index (χ1n) is 21.2. The second-order valence-corrected chi connectivity index (χ2v) is 19.0. The number of halogens is 1. The Balaban J connectivity index is 1.07. The maximum absolute atomic E-state index is 15.0. The summed E-state index contributed by atoms with van der Waals surface area (Å²) in [6.45, 7) is 2.19. The summed E-state index contributed by atoms with van der Waals surface area (Å²) >= 11 is 1.42. The molecule has 4 amide bonds. The molecule has 11 nitrogen and oxygen atoms in total. The average Bonchev–Trinajstić information content (AvgIpc) is 3.99. The highest BCUT2D eigenvalue weighted by Crippen LogP contribution is 2.51. The van der Waals surface area contributed by atoms with E-state index in [0.29, 0.717) is 49.1 Å². The quantitative estimate of drug-likeness (QED) is 0.173. The minimum absolute atomic E-state index is 0.00250. The molecule has 4 fully saturated rings. The van der Waals surface area contributed by atoms with Gasteiger partial charge in [-0.05, 0) is 114 Å². The Morgan fingerprint density at radius 3 is 2.62 bits per heavy atom. The van der Waals surface area contributed by atoms with E-state index in [9.17, 15) is 23.6 Å². The number of hydrogen-bond acceptors (Lipinski definition) is 8.